The van der Waals surface area contributed by atoms with E-state index >= 15 is 0 Å². The quantitative estimate of drug-likeness (QED) is 0.605. The van der Waals surface area contributed by atoms with Crippen LogP contribution in [0.2, 0.25) is 0 Å². The number of anilines is 1. The second-order valence-corrected chi connectivity index (χ2v) is 6.67. The number of urea groups is 1. The Morgan fingerprint density at radius 3 is 2.48 bits per heavy atom. The van der Waals surface area contributed by atoms with Gasteiger partial charge >= 0.3 is 6.03 Å². The summed E-state index contributed by atoms with van der Waals surface area (Å²) in [7, 11) is 1.66. The van der Waals surface area contributed by atoms with Crippen LogP contribution in [0.15, 0.2) is 54.6 Å². The third-order valence-corrected chi connectivity index (χ3v) is 4.74. The molecule has 2 N–H and O–H groups in total. The number of para-hydroxylation sites is 2. The van der Waals surface area contributed by atoms with Gasteiger partial charge < -0.3 is 24.7 Å². The Bertz CT molecular complexity index is 978. The molecule has 0 bridgehead atoms. The second-order valence-electron chi connectivity index (χ2n) is 6.67. The summed E-state index contributed by atoms with van der Waals surface area (Å²) in [5, 5.41) is 5.78. The maximum Gasteiger partial charge on any atom is 0.319 e. The number of ether oxygens (including phenoxy) is 2. The summed E-state index contributed by atoms with van der Waals surface area (Å²) in [6.45, 7) is 6.99. The summed E-state index contributed by atoms with van der Waals surface area (Å²) >= 11 is 0. The molecule has 0 aliphatic carbocycles. The largest absolute Gasteiger partial charge is 0.497 e. The molecular formula is C23H27N3O3. The number of hydrogen-bond acceptors (Lipinski definition) is 3. The third-order valence-electron chi connectivity index (χ3n) is 4.74. The minimum Gasteiger partial charge on any atom is -0.497 e. The Labute approximate surface area is 171 Å². The summed E-state index contributed by atoms with van der Waals surface area (Å²) < 4.78 is 13.0. The number of aryl methyl sites for hydroxylation is 1. The highest BCUT2D eigenvalue weighted by molar-refractivity contribution is 5.90. The van der Waals surface area contributed by atoms with E-state index in [1.54, 1.807) is 7.11 Å². The van der Waals surface area contributed by atoms with E-state index in [4.69, 9.17) is 9.47 Å². The zero-order valence-electron chi connectivity index (χ0n) is 17.3. The molecule has 0 atom stereocenters. The number of methoxy groups -OCH3 is 1. The zero-order valence-corrected chi connectivity index (χ0v) is 17.3. The standard InChI is InChI=1S/C23H27N3O3/c1-5-29-22-9-7-6-8-21(22)25-23(27)24-15-18-14-16(2)26(17(18)3)19-10-12-20(28-4)13-11-19/h6-14H,5,15H2,1-4H3,(H2,24,25,27). The lowest BCUT2D eigenvalue weighted by molar-refractivity contribution is 0.251. The summed E-state index contributed by atoms with van der Waals surface area (Å²) in [4.78, 5) is 12.4. The van der Waals surface area contributed by atoms with Crippen LogP contribution in [0.5, 0.6) is 11.5 Å². The monoisotopic (exact) mass is 393 g/mol. The van der Waals surface area contributed by atoms with Gasteiger partial charge in [-0.25, -0.2) is 4.79 Å². The number of amides is 2. The normalized spacial score (nSPS) is 10.5. The summed E-state index contributed by atoms with van der Waals surface area (Å²) in [6.07, 6.45) is 0. The molecule has 0 fully saturated rings. The number of carbonyl (C=O) groups excluding carboxylic acids is 1. The fraction of sp³-hybridized carbons (Fsp3) is 0.261. The van der Waals surface area contributed by atoms with Crippen molar-refractivity contribution < 1.29 is 14.3 Å². The lowest BCUT2D eigenvalue weighted by atomic mass is 10.2. The number of nitrogens with one attached hydrogen (secondary N) is 2. The van der Waals surface area contributed by atoms with Crippen LogP contribution in [0.25, 0.3) is 5.69 Å². The minimum atomic E-state index is -0.272. The molecule has 0 spiro atoms. The first-order valence-corrected chi connectivity index (χ1v) is 9.62. The highest BCUT2D eigenvalue weighted by Gasteiger charge is 2.13. The third kappa shape index (κ3) is 4.71. The number of rotatable bonds is 7. The van der Waals surface area contributed by atoms with Gasteiger partial charge in [0, 0.05) is 23.6 Å². The van der Waals surface area contributed by atoms with Gasteiger partial charge in [0.05, 0.1) is 19.4 Å². The molecule has 0 aliphatic rings. The molecule has 2 amide bonds. The summed E-state index contributed by atoms with van der Waals surface area (Å²) in [6, 6.07) is 17.1. The molecule has 0 saturated carbocycles. The van der Waals surface area contributed by atoms with E-state index < -0.39 is 0 Å². The molecule has 1 heterocycles. The van der Waals surface area contributed by atoms with Crippen LogP contribution >= 0.6 is 0 Å². The predicted molar refractivity (Wildman–Crippen MR) is 115 cm³/mol. The molecule has 0 unspecified atom stereocenters. The molecule has 29 heavy (non-hydrogen) atoms. The van der Waals surface area contributed by atoms with Crippen molar-refractivity contribution >= 4 is 11.7 Å². The molecule has 1 aromatic heterocycles. The van der Waals surface area contributed by atoms with Crippen LogP contribution in [0, 0.1) is 13.8 Å². The van der Waals surface area contributed by atoms with E-state index in [1.807, 2.05) is 55.5 Å². The van der Waals surface area contributed by atoms with E-state index in [2.05, 4.69) is 35.1 Å². The average Bonchev–Trinajstić information content (AvgIpc) is 3.01. The molecule has 2 aromatic carbocycles. The first-order valence-electron chi connectivity index (χ1n) is 9.62. The highest BCUT2D eigenvalue weighted by Crippen LogP contribution is 2.24. The van der Waals surface area contributed by atoms with Crippen molar-refractivity contribution in [2.45, 2.75) is 27.3 Å². The van der Waals surface area contributed by atoms with Crippen molar-refractivity contribution in [1.29, 1.82) is 0 Å². The first-order chi connectivity index (χ1) is 14.0. The lowest BCUT2D eigenvalue weighted by Gasteiger charge is -2.13. The van der Waals surface area contributed by atoms with Gasteiger partial charge in [-0.3, -0.25) is 0 Å². The molecule has 0 saturated heterocycles. The van der Waals surface area contributed by atoms with Gasteiger partial charge in [-0.15, -0.1) is 0 Å². The van der Waals surface area contributed by atoms with Crippen molar-refractivity contribution in [1.82, 2.24) is 9.88 Å². The molecule has 0 aliphatic heterocycles. The second kappa shape index (κ2) is 9.19. The first kappa shape index (κ1) is 20.3. The number of aromatic nitrogens is 1. The molecule has 6 nitrogen and oxygen atoms in total. The Kier molecular flexibility index (Phi) is 6.44. The maximum atomic E-state index is 12.4. The van der Waals surface area contributed by atoms with Gasteiger partial charge in [0.15, 0.2) is 0 Å². The van der Waals surface area contributed by atoms with Crippen molar-refractivity contribution in [2.75, 3.05) is 19.0 Å². The van der Waals surface area contributed by atoms with Crippen LogP contribution in [0.3, 0.4) is 0 Å². The average molecular weight is 393 g/mol. The highest BCUT2D eigenvalue weighted by atomic mass is 16.5. The van der Waals surface area contributed by atoms with Crippen LogP contribution in [-0.2, 0) is 6.54 Å². The number of nitrogens with zero attached hydrogens (tertiary/aromatic N) is 1. The van der Waals surface area contributed by atoms with Crippen LogP contribution in [-0.4, -0.2) is 24.3 Å². The molecule has 152 valence electrons. The number of carbonyl (C=O) groups is 1. The van der Waals surface area contributed by atoms with Gasteiger partial charge in [-0.05, 0) is 68.8 Å². The number of benzene rings is 2. The van der Waals surface area contributed by atoms with Crippen molar-refractivity contribution in [3.05, 3.63) is 71.5 Å². The molecule has 0 radical (unpaired) electrons. The summed E-state index contributed by atoms with van der Waals surface area (Å²) in [5.41, 5.74) is 4.96. The van der Waals surface area contributed by atoms with Crippen LogP contribution < -0.4 is 20.1 Å². The molecule has 3 rings (SSSR count). The van der Waals surface area contributed by atoms with E-state index in [-0.39, 0.29) is 6.03 Å². The van der Waals surface area contributed by atoms with E-state index in [0.717, 1.165) is 28.4 Å². The topological polar surface area (TPSA) is 64.5 Å². The van der Waals surface area contributed by atoms with E-state index in [0.29, 0.717) is 24.6 Å². The molecule has 6 heteroatoms. The fourth-order valence-corrected chi connectivity index (χ4v) is 3.33. The summed E-state index contributed by atoms with van der Waals surface area (Å²) in [5.74, 6) is 1.48. The Hall–Kier alpha value is -3.41. The van der Waals surface area contributed by atoms with Crippen molar-refractivity contribution in [3.63, 3.8) is 0 Å². The maximum absolute atomic E-state index is 12.4. The molecule has 3 aromatic rings. The zero-order chi connectivity index (χ0) is 20.8. The van der Waals surface area contributed by atoms with Crippen molar-refractivity contribution in [3.8, 4) is 17.2 Å². The van der Waals surface area contributed by atoms with Gasteiger partial charge in [0.1, 0.15) is 11.5 Å². The van der Waals surface area contributed by atoms with Gasteiger partial charge in [-0.1, -0.05) is 12.1 Å². The molecular weight excluding hydrogens is 366 g/mol. The predicted octanol–water partition coefficient (Wildman–Crippen LogP) is 4.82. The van der Waals surface area contributed by atoms with Gasteiger partial charge in [0.25, 0.3) is 0 Å². The Morgan fingerprint density at radius 2 is 1.79 bits per heavy atom. The van der Waals surface area contributed by atoms with Gasteiger partial charge in [-0.2, -0.15) is 0 Å². The Balaban J connectivity index is 1.69. The minimum absolute atomic E-state index is 0.272. The van der Waals surface area contributed by atoms with Crippen molar-refractivity contribution in [2.24, 2.45) is 0 Å². The lowest BCUT2D eigenvalue weighted by Crippen LogP contribution is -2.28. The Morgan fingerprint density at radius 1 is 1.07 bits per heavy atom. The fourth-order valence-electron chi connectivity index (χ4n) is 3.33. The SMILES string of the molecule is CCOc1ccccc1NC(=O)NCc1cc(C)n(-c2ccc(OC)cc2)c1C. The van der Waals surface area contributed by atoms with E-state index in [9.17, 15) is 4.79 Å². The smallest absolute Gasteiger partial charge is 0.319 e. The van der Waals surface area contributed by atoms with Crippen LogP contribution in [0.4, 0.5) is 10.5 Å². The van der Waals surface area contributed by atoms with Crippen LogP contribution in [0.1, 0.15) is 23.9 Å². The van der Waals surface area contributed by atoms with E-state index in [1.165, 1.54) is 0 Å². The number of hydrogen-bond donors (Lipinski definition) is 2. The van der Waals surface area contributed by atoms with Gasteiger partial charge in [0.2, 0.25) is 0 Å².